The number of rotatable bonds is 12. The lowest BCUT2D eigenvalue weighted by molar-refractivity contribution is 0.215. The molecule has 0 spiro atoms. The Balaban J connectivity index is 1.10. The predicted molar refractivity (Wildman–Crippen MR) is 299 cm³/mol. The van der Waals surface area contributed by atoms with Crippen LogP contribution in [0.15, 0.2) is 278 Å². The van der Waals surface area contributed by atoms with Gasteiger partial charge in [-0.15, -0.1) is 0 Å². The second-order valence-corrected chi connectivity index (χ2v) is 19.5. The molecule has 0 saturated heterocycles. The van der Waals surface area contributed by atoms with E-state index in [0.29, 0.717) is 6.54 Å². The van der Waals surface area contributed by atoms with Crippen molar-refractivity contribution in [2.45, 2.75) is 44.2 Å². The summed E-state index contributed by atoms with van der Waals surface area (Å²) >= 11 is 0. The first-order valence-electron chi connectivity index (χ1n) is 24.5. The average Bonchev–Trinajstić information content (AvgIpc) is 3.39. The lowest BCUT2D eigenvalue weighted by atomic mass is 9.61. The van der Waals surface area contributed by atoms with Crippen molar-refractivity contribution in [2.24, 2.45) is 5.41 Å². The van der Waals surface area contributed by atoms with E-state index in [1.807, 2.05) is 12.1 Å². The van der Waals surface area contributed by atoms with Gasteiger partial charge in [0.2, 0.25) is 0 Å². The highest BCUT2D eigenvalue weighted by molar-refractivity contribution is 5.85. The number of nitrogens with one attached hydrogen (secondary N) is 2. The van der Waals surface area contributed by atoms with Crippen LogP contribution in [0.2, 0.25) is 0 Å². The van der Waals surface area contributed by atoms with Crippen LogP contribution in [0.1, 0.15) is 32.8 Å². The third-order valence-electron chi connectivity index (χ3n) is 14.9. The molecule has 3 atom stereocenters. The zero-order chi connectivity index (χ0) is 48.1. The first kappa shape index (κ1) is 45.8. The molecule has 6 aromatic carbocycles. The molecule has 4 aliphatic rings. The van der Waals surface area contributed by atoms with E-state index in [1.54, 1.807) is 0 Å². The Kier molecular flexibility index (Phi) is 12.8. The molecule has 0 radical (unpaired) electrons. The lowest BCUT2D eigenvalue weighted by Crippen LogP contribution is -2.64. The van der Waals surface area contributed by atoms with Crippen LogP contribution in [0.25, 0.3) is 33.9 Å². The lowest BCUT2D eigenvalue weighted by Gasteiger charge is -2.52. The van der Waals surface area contributed by atoms with Crippen LogP contribution in [0.3, 0.4) is 0 Å². The molecule has 3 heteroatoms. The van der Waals surface area contributed by atoms with Gasteiger partial charge in [0, 0.05) is 52.2 Å². The Labute approximate surface area is 415 Å². The number of hydrogen-bond acceptors (Lipinski definition) is 3. The summed E-state index contributed by atoms with van der Waals surface area (Å²) in [7, 11) is 0. The standard InChI is InChI=1S/C67H61N3/c1-6-24-51(43-56-48-70(42-21-19-25-49(56)2)59-34-14-9-15-35-59)55-30-23-41-67(47-55,69-64-46-54-28-16-17-36-60(54)62-37-18-20-40-66(62,64)5)65(3,4)57-31-22-29-52(44-57)53-38-39-63(68-58-32-12-8-13-33-58)61(45-53)50-26-10-7-11-27-50/h6-40,42-47,64,68-69H,1-2,41,48H2,3-5H3/b25-19-,42-21-,51-24+,56-43+. The highest BCUT2D eigenvalue weighted by Gasteiger charge is 2.49. The summed E-state index contributed by atoms with van der Waals surface area (Å²) in [5, 5.41) is 10.7. The zero-order valence-corrected chi connectivity index (χ0v) is 40.5. The first-order chi connectivity index (χ1) is 34.1. The van der Waals surface area contributed by atoms with Crippen molar-refractivity contribution in [1.82, 2.24) is 5.32 Å². The third-order valence-corrected chi connectivity index (χ3v) is 14.9. The minimum absolute atomic E-state index is 0.0323. The fraction of sp³-hybridized carbons (Fsp3) is 0.134. The summed E-state index contributed by atoms with van der Waals surface area (Å²) in [5.41, 5.74) is 13.5. The van der Waals surface area contributed by atoms with Crippen LogP contribution >= 0.6 is 0 Å². The van der Waals surface area contributed by atoms with Crippen molar-refractivity contribution >= 4 is 28.7 Å². The molecule has 0 amide bonds. The second kappa shape index (κ2) is 19.6. The summed E-state index contributed by atoms with van der Waals surface area (Å²) in [6, 6.07) is 56.5. The molecule has 3 nitrogen and oxygen atoms in total. The minimum atomic E-state index is -0.569. The molecule has 344 valence electrons. The van der Waals surface area contributed by atoms with Crippen LogP contribution in [-0.2, 0) is 5.41 Å². The van der Waals surface area contributed by atoms with E-state index in [9.17, 15) is 0 Å². The van der Waals surface area contributed by atoms with Crippen LogP contribution < -0.4 is 26.0 Å². The molecule has 1 aliphatic heterocycles. The van der Waals surface area contributed by atoms with E-state index >= 15 is 0 Å². The van der Waals surface area contributed by atoms with Gasteiger partial charge in [-0.1, -0.05) is 228 Å². The first-order valence-corrected chi connectivity index (χ1v) is 24.5. The summed E-state index contributed by atoms with van der Waals surface area (Å²) in [6.45, 7) is 16.7. The van der Waals surface area contributed by atoms with Gasteiger partial charge in [0.1, 0.15) is 0 Å². The van der Waals surface area contributed by atoms with Gasteiger partial charge in [0.15, 0.2) is 0 Å². The SMILES string of the molecule is C=C/C=C(\C=C1/CN(c2ccccc2)/C=C\C=C/C1=C)C1=CC(NC2C=c3ccccc3=C3C=CC=CC32C)(C(C)(C)c2cccc(-c3ccc(Nc4ccccc4)c(-c4ccccc4)c3)c2)CC=C1. The van der Waals surface area contributed by atoms with E-state index in [1.165, 1.54) is 27.1 Å². The normalized spacial score (nSPS) is 22.2. The second-order valence-electron chi connectivity index (χ2n) is 19.5. The van der Waals surface area contributed by atoms with E-state index in [-0.39, 0.29) is 11.5 Å². The number of anilines is 3. The maximum Gasteiger partial charge on any atom is 0.0505 e. The molecular weight excluding hydrogens is 847 g/mol. The molecule has 0 bridgehead atoms. The molecule has 2 N–H and O–H groups in total. The van der Waals surface area contributed by atoms with Gasteiger partial charge in [-0.25, -0.2) is 0 Å². The van der Waals surface area contributed by atoms with Gasteiger partial charge in [-0.2, -0.15) is 0 Å². The van der Waals surface area contributed by atoms with Gasteiger partial charge in [-0.3, -0.25) is 5.32 Å². The third kappa shape index (κ3) is 9.05. The Morgan fingerprint density at radius 2 is 1.44 bits per heavy atom. The predicted octanol–water partition coefficient (Wildman–Crippen LogP) is 14.6. The van der Waals surface area contributed by atoms with Gasteiger partial charge < -0.3 is 10.2 Å². The van der Waals surface area contributed by atoms with Gasteiger partial charge in [0.05, 0.1) is 5.54 Å². The molecule has 6 aromatic rings. The zero-order valence-electron chi connectivity index (χ0n) is 40.5. The van der Waals surface area contributed by atoms with Crippen molar-refractivity contribution in [2.75, 3.05) is 16.8 Å². The average molecular weight is 908 g/mol. The van der Waals surface area contributed by atoms with Crippen molar-refractivity contribution < 1.29 is 0 Å². The summed E-state index contributed by atoms with van der Waals surface area (Å²) < 4.78 is 0. The smallest absolute Gasteiger partial charge is 0.0505 e. The number of allylic oxidation sites excluding steroid dienone is 12. The van der Waals surface area contributed by atoms with Crippen molar-refractivity contribution in [3.05, 3.63) is 294 Å². The number of fused-ring (bicyclic) bond motifs is 2. The van der Waals surface area contributed by atoms with Crippen molar-refractivity contribution in [3.8, 4) is 22.3 Å². The molecule has 0 saturated carbocycles. The van der Waals surface area contributed by atoms with Crippen molar-refractivity contribution in [1.29, 1.82) is 0 Å². The number of nitrogens with zero attached hydrogens (tertiary/aromatic N) is 1. The molecular formula is C67H61N3. The molecule has 1 heterocycles. The fourth-order valence-electron chi connectivity index (χ4n) is 10.6. The maximum atomic E-state index is 4.57. The minimum Gasteiger partial charge on any atom is -0.355 e. The quantitative estimate of drug-likeness (QED) is 0.120. The van der Waals surface area contributed by atoms with E-state index < -0.39 is 11.0 Å². The monoisotopic (exact) mass is 907 g/mol. The van der Waals surface area contributed by atoms with Crippen LogP contribution in [0, 0.1) is 5.41 Å². The molecule has 70 heavy (non-hydrogen) atoms. The van der Waals surface area contributed by atoms with E-state index in [2.05, 4.69) is 286 Å². The maximum absolute atomic E-state index is 4.57. The molecule has 0 fully saturated rings. The molecule has 0 aromatic heterocycles. The Morgan fingerprint density at radius 3 is 2.24 bits per heavy atom. The number of para-hydroxylation sites is 2. The van der Waals surface area contributed by atoms with Gasteiger partial charge in [0.25, 0.3) is 0 Å². The molecule has 3 aliphatic carbocycles. The Bertz CT molecular complexity index is 3340. The topological polar surface area (TPSA) is 27.3 Å². The molecule has 10 rings (SSSR count). The fourth-order valence-corrected chi connectivity index (χ4v) is 10.6. The van der Waals surface area contributed by atoms with Crippen LogP contribution in [0.4, 0.5) is 17.1 Å². The van der Waals surface area contributed by atoms with Crippen LogP contribution in [0.5, 0.6) is 0 Å². The molecule has 3 unspecified atom stereocenters. The summed E-state index contributed by atoms with van der Waals surface area (Å²) in [5.74, 6) is 0. The summed E-state index contributed by atoms with van der Waals surface area (Å²) in [6.07, 6.45) is 34.3. The van der Waals surface area contributed by atoms with Gasteiger partial charge >= 0.3 is 0 Å². The largest absolute Gasteiger partial charge is 0.355 e. The van der Waals surface area contributed by atoms with Gasteiger partial charge in [-0.05, 0) is 116 Å². The van der Waals surface area contributed by atoms with E-state index in [4.69, 9.17) is 0 Å². The highest BCUT2D eigenvalue weighted by atomic mass is 15.1. The van der Waals surface area contributed by atoms with Crippen molar-refractivity contribution in [3.63, 3.8) is 0 Å². The number of hydrogen-bond donors (Lipinski definition) is 2. The van der Waals surface area contributed by atoms with E-state index in [0.717, 1.165) is 62.5 Å². The van der Waals surface area contributed by atoms with Crippen LogP contribution in [-0.4, -0.2) is 18.1 Å². The number of benzene rings is 6. The summed E-state index contributed by atoms with van der Waals surface area (Å²) in [4.78, 5) is 2.28. The Hall–Kier alpha value is -7.98. The highest BCUT2D eigenvalue weighted by Crippen LogP contribution is 2.47. The Morgan fingerprint density at radius 1 is 0.729 bits per heavy atom.